The number of rotatable bonds is 3. The van der Waals surface area contributed by atoms with Crippen molar-refractivity contribution in [2.75, 3.05) is 5.32 Å². The predicted molar refractivity (Wildman–Crippen MR) is 82.8 cm³/mol. The van der Waals surface area contributed by atoms with Crippen LogP contribution in [0.4, 0.5) is 5.69 Å². The molecule has 2 aromatic rings. The topological polar surface area (TPSA) is 66.4 Å². The third-order valence-corrected chi connectivity index (χ3v) is 4.69. The van der Waals surface area contributed by atoms with E-state index in [-0.39, 0.29) is 11.5 Å². The van der Waals surface area contributed by atoms with Gasteiger partial charge >= 0.3 is 5.97 Å². The Hall–Kier alpha value is -1.66. The van der Waals surface area contributed by atoms with Gasteiger partial charge in [-0.15, -0.1) is 11.3 Å². The van der Waals surface area contributed by atoms with Crippen LogP contribution >= 0.6 is 27.3 Å². The van der Waals surface area contributed by atoms with Crippen molar-refractivity contribution in [2.24, 2.45) is 0 Å². The summed E-state index contributed by atoms with van der Waals surface area (Å²) in [5.74, 6) is -1.28. The highest BCUT2D eigenvalue weighted by Gasteiger charge is 2.13. The third-order valence-electron chi connectivity index (χ3n) is 2.84. The van der Waals surface area contributed by atoms with Crippen LogP contribution in [0, 0.1) is 13.8 Å². The van der Waals surface area contributed by atoms with Crippen molar-refractivity contribution >= 4 is 44.8 Å². The number of benzene rings is 1. The molecule has 2 rings (SSSR count). The van der Waals surface area contributed by atoms with Gasteiger partial charge in [0.05, 0.1) is 10.4 Å². The first-order valence-electron chi connectivity index (χ1n) is 5.79. The number of carboxylic acid groups (broad SMARTS) is 1. The molecule has 0 aliphatic carbocycles. The fourth-order valence-electron chi connectivity index (χ4n) is 1.64. The number of carboxylic acids is 1. The van der Waals surface area contributed by atoms with Crippen molar-refractivity contribution in [2.45, 2.75) is 13.8 Å². The Balaban J connectivity index is 2.24. The van der Waals surface area contributed by atoms with Crippen LogP contribution in [0.5, 0.6) is 0 Å². The number of thiophene rings is 1. The summed E-state index contributed by atoms with van der Waals surface area (Å²) in [6.45, 7) is 3.91. The molecule has 0 spiro atoms. The normalized spacial score (nSPS) is 10.3. The number of aromatic carboxylic acids is 1. The van der Waals surface area contributed by atoms with Gasteiger partial charge in [-0.3, -0.25) is 4.79 Å². The highest BCUT2D eigenvalue weighted by atomic mass is 79.9. The second-order valence-electron chi connectivity index (χ2n) is 4.30. The van der Waals surface area contributed by atoms with Crippen LogP contribution in [0.3, 0.4) is 0 Å². The monoisotopic (exact) mass is 353 g/mol. The lowest BCUT2D eigenvalue weighted by molar-refractivity contribution is 0.0695. The zero-order chi connectivity index (χ0) is 14.9. The summed E-state index contributed by atoms with van der Waals surface area (Å²) < 4.78 is 0.478. The third kappa shape index (κ3) is 3.08. The number of anilines is 1. The first-order chi connectivity index (χ1) is 9.38. The molecule has 1 aromatic heterocycles. The molecule has 2 N–H and O–H groups in total. The minimum Gasteiger partial charge on any atom is -0.478 e. The zero-order valence-corrected chi connectivity index (χ0v) is 13.3. The number of nitrogens with one attached hydrogen (secondary N) is 1. The largest absolute Gasteiger partial charge is 0.478 e. The van der Waals surface area contributed by atoms with E-state index in [4.69, 9.17) is 5.11 Å². The second kappa shape index (κ2) is 5.76. The predicted octanol–water partition coefficient (Wildman–Crippen LogP) is 4.08. The number of hydrogen-bond donors (Lipinski definition) is 2. The maximum atomic E-state index is 12.1. The molecular formula is C14H12BrNO3S. The van der Waals surface area contributed by atoms with Gasteiger partial charge in [0, 0.05) is 15.0 Å². The summed E-state index contributed by atoms with van der Waals surface area (Å²) in [5.41, 5.74) is 1.64. The molecule has 0 saturated heterocycles. The van der Waals surface area contributed by atoms with Gasteiger partial charge in [0.25, 0.3) is 5.91 Å². The Kier molecular flexibility index (Phi) is 4.25. The van der Waals surface area contributed by atoms with Crippen molar-refractivity contribution < 1.29 is 14.7 Å². The number of hydrogen-bond acceptors (Lipinski definition) is 3. The van der Waals surface area contributed by atoms with Crippen LogP contribution in [-0.4, -0.2) is 17.0 Å². The van der Waals surface area contributed by atoms with E-state index < -0.39 is 5.97 Å². The van der Waals surface area contributed by atoms with E-state index in [0.717, 1.165) is 10.4 Å². The minimum atomic E-state index is -1.05. The Bertz CT molecular complexity index is 674. The number of amides is 1. The van der Waals surface area contributed by atoms with Crippen LogP contribution in [-0.2, 0) is 0 Å². The first-order valence-corrected chi connectivity index (χ1v) is 7.40. The highest BCUT2D eigenvalue weighted by Crippen LogP contribution is 2.24. The Labute approximate surface area is 128 Å². The molecule has 0 radical (unpaired) electrons. The van der Waals surface area contributed by atoms with E-state index in [1.807, 2.05) is 19.9 Å². The molecule has 20 heavy (non-hydrogen) atoms. The summed E-state index contributed by atoms with van der Waals surface area (Å²) >= 11 is 4.58. The molecule has 0 atom stereocenters. The van der Waals surface area contributed by atoms with Gasteiger partial charge in [0.2, 0.25) is 0 Å². The average Bonchev–Trinajstić information content (AvgIpc) is 2.72. The number of carbonyl (C=O) groups is 2. The molecule has 1 amide bonds. The minimum absolute atomic E-state index is 0.112. The van der Waals surface area contributed by atoms with E-state index in [9.17, 15) is 9.59 Å². The lowest BCUT2D eigenvalue weighted by atomic mass is 10.2. The number of carbonyl (C=O) groups excluding carboxylic acids is 1. The molecule has 1 heterocycles. The smallest absolute Gasteiger partial charge is 0.336 e. The number of aryl methyl sites for hydroxylation is 2. The lowest BCUT2D eigenvalue weighted by Gasteiger charge is -2.06. The molecule has 0 bridgehead atoms. The van der Waals surface area contributed by atoms with Gasteiger partial charge in [-0.1, -0.05) is 0 Å². The molecule has 0 unspecified atom stereocenters. The summed E-state index contributed by atoms with van der Waals surface area (Å²) in [4.78, 5) is 24.8. The van der Waals surface area contributed by atoms with Gasteiger partial charge in [-0.2, -0.15) is 0 Å². The van der Waals surface area contributed by atoms with Gasteiger partial charge < -0.3 is 10.4 Å². The van der Waals surface area contributed by atoms with Crippen LogP contribution in [0.2, 0.25) is 0 Å². The van der Waals surface area contributed by atoms with Crippen LogP contribution in [0.15, 0.2) is 28.7 Å². The van der Waals surface area contributed by atoms with Crippen LogP contribution < -0.4 is 5.32 Å². The van der Waals surface area contributed by atoms with Crippen molar-refractivity contribution in [3.63, 3.8) is 0 Å². The molecular weight excluding hydrogens is 342 g/mol. The maximum Gasteiger partial charge on any atom is 0.336 e. The Morgan fingerprint density at radius 1 is 1.25 bits per heavy atom. The summed E-state index contributed by atoms with van der Waals surface area (Å²) in [6.07, 6.45) is 0. The van der Waals surface area contributed by atoms with Gasteiger partial charge in [0.15, 0.2) is 0 Å². The van der Waals surface area contributed by atoms with Crippen molar-refractivity contribution in [1.29, 1.82) is 0 Å². The zero-order valence-electron chi connectivity index (χ0n) is 10.9. The molecule has 0 aliphatic rings. The van der Waals surface area contributed by atoms with E-state index in [2.05, 4.69) is 21.2 Å². The Morgan fingerprint density at radius 2 is 1.95 bits per heavy atom. The first kappa shape index (κ1) is 14.7. The van der Waals surface area contributed by atoms with Crippen LogP contribution in [0.25, 0.3) is 0 Å². The van der Waals surface area contributed by atoms with E-state index >= 15 is 0 Å². The van der Waals surface area contributed by atoms with E-state index in [1.165, 1.54) is 17.4 Å². The van der Waals surface area contributed by atoms with Crippen molar-refractivity contribution in [3.05, 3.63) is 49.6 Å². The van der Waals surface area contributed by atoms with Gasteiger partial charge in [-0.25, -0.2) is 4.79 Å². The maximum absolute atomic E-state index is 12.1. The van der Waals surface area contributed by atoms with Gasteiger partial charge in [0.1, 0.15) is 0 Å². The van der Waals surface area contributed by atoms with Crippen molar-refractivity contribution in [3.8, 4) is 0 Å². The average molecular weight is 354 g/mol. The van der Waals surface area contributed by atoms with E-state index in [1.54, 1.807) is 12.1 Å². The highest BCUT2D eigenvalue weighted by molar-refractivity contribution is 9.10. The molecule has 0 aliphatic heterocycles. The lowest BCUT2D eigenvalue weighted by Crippen LogP contribution is -2.11. The molecule has 1 aromatic carbocycles. The fraction of sp³-hybridized carbons (Fsp3) is 0.143. The van der Waals surface area contributed by atoms with Gasteiger partial charge in [-0.05, 0) is 59.6 Å². The van der Waals surface area contributed by atoms with Crippen molar-refractivity contribution in [1.82, 2.24) is 0 Å². The molecule has 6 heteroatoms. The summed E-state index contributed by atoms with van der Waals surface area (Å²) in [7, 11) is 0. The van der Waals surface area contributed by atoms with Crippen LogP contribution in [0.1, 0.15) is 30.5 Å². The molecule has 0 fully saturated rings. The quantitative estimate of drug-likeness (QED) is 0.873. The molecule has 0 saturated carbocycles. The summed E-state index contributed by atoms with van der Waals surface area (Å²) in [5, 5.41) is 11.7. The second-order valence-corrected chi connectivity index (χ2v) is 6.41. The Morgan fingerprint density at radius 3 is 2.50 bits per heavy atom. The van der Waals surface area contributed by atoms with E-state index in [0.29, 0.717) is 15.0 Å². The standard InChI is InChI=1S/C14H12BrNO3S/c1-7-5-12(20-8(7)2)13(17)16-9-3-4-11(15)10(6-9)14(18)19/h3-6H,1-2H3,(H,16,17)(H,18,19). The molecule has 4 nitrogen and oxygen atoms in total. The number of halogens is 1. The molecule has 104 valence electrons. The summed E-state index contributed by atoms with van der Waals surface area (Å²) in [6, 6.07) is 6.51. The fourth-order valence-corrected chi connectivity index (χ4v) is 2.99. The SMILES string of the molecule is Cc1cc(C(=O)Nc2ccc(Br)c(C(=O)O)c2)sc1C.